The molecule has 0 amide bonds. The van der Waals surface area contributed by atoms with E-state index >= 15 is 0 Å². The molecule has 0 bridgehead atoms. The van der Waals surface area contributed by atoms with Gasteiger partial charge in [0.15, 0.2) is 5.82 Å². The molecule has 5 heteroatoms. The number of aromatic nitrogens is 2. The standard InChI is InChI=1S/C17H17N3O2/c1-20(2)12-16-18-17(22-19-16)14-10-6-7-11-15(14)21-13-8-4-3-5-9-13/h3-11H,12H2,1-2H3. The van der Waals surface area contributed by atoms with Crippen LogP contribution in [0, 0.1) is 0 Å². The largest absolute Gasteiger partial charge is 0.457 e. The van der Waals surface area contributed by atoms with Gasteiger partial charge in [0.1, 0.15) is 11.5 Å². The maximum atomic E-state index is 5.92. The summed E-state index contributed by atoms with van der Waals surface area (Å²) in [5.74, 6) is 2.56. The fraction of sp³-hybridized carbons (Fsp3) is 0.176. The van der Waals surface area contributed by atoms with Crippen LogP contribution in [0.4, 0.5) is 0 Å². The van der Waals surface area contributed by atoms with Gasteiger partial charge in [0.2, 0.25) is 0 Å². The first-order valence-electron chi connectivity index (χ1n) is 7.02. The smallest absolute Gasteiger partial charge is 0.261 e. The van der Waals surface area contributed by atoms with Crippen LogP contribution in [0.15, 0.2) is 59.1 Å². The van der Waals surface area contributed by atoms with Crippen molar-refractivity contribution in [2.45, 2.75) is 6.54 Å². The zero-order chi connectivity index (χ0) is 15.4. The van der Waals surface area contributed by atoms with E-state index in [-0.39, 0.29) is 0 Å². The lowest BCUT2D eigenvalue weighted by Crippen LogP contribution is -2.11. The Morgan fingerprint density at radius 2 is 1.73 bits per heavy atom. The highest BCUT2D eigenvalue weighted by Crippen LogP contribution is 2.32. The third-order valence-corrected chi connectivity index (χ3v) is 3.01. The Morgan fingerprint density at radius 1 is 1.00 bits per heavy atom. The Kier molecular flexibility index (Phi) is 4.16. The molecule has 0 saturated heterocycles. The van der Waals surface area contributed by atoms with Crippen molar-refractivity contribution in [3.63, 3.8) is 0 Å². The number of hydrogen-bond donors (Lipinski definition) is 0. The molecule has 0 aliphatic rings. The molecule has 112 valence electrons. The molecule has 2 aromatic carbocycles. The summed E-state index contributed by atoms with van der Waals surface area (Å²) < 4.78 is 11.3. The van der Waals surface area contributed by atoms with E-state index in [4.69, 9.17) is 9.26 Å². The second kappa shape index (κ2) is 6.41. The molecule has 0 fully saturated rings. The quantitative estimate of drug-likeness (QED) is 0.720. The molecule has 0 aliphatic heterocycles. The molecule has 5 nitrogen and oxygen atoms in total. The molecule has 0 atom stereocenters. The molecule has 3 rings (SSSR count). The Labute approximate surface area is 129 Å². The summed E-state index contributed by atoms with van der Waals surface area (Å²) in [5, 5.41) is 4.00. The lowest BCUT2D eigenvalue weighted by molar-refractivity contribution is 0.365. The van der Waals surface area contributed by atoms with Gasteiger partial charge in [0.25, 0.3) is 5.89 Å². The third-order valence-electron chi connectivity index (χ3n) is 3.01. The predicted octanol–water partition coefficient (Wildman–Crippen LogP) is 3.59. The first-order chi connectivity index (χ1) is 10.7. The predicted molar refractivity (Wildman–Crippen MR) is 83.6 cm³/mol. The second-order valence-electron chi connectivity index (χ2n) is 5.16. The zero-order valence-electron chi connectivity index (χ0n) is 12.6. The summed E-state index contributed by atoms with van der Waals surface area (Å²) in [6.45, 7) is 0.630. The SMILES string of the molecule is CN(C)Cc1noc(-c2ccccc2Oc2ccccc2)n1. The van der Waals surface area contributed by atoms with Crippen LogP contribution in [0.25, 0.3) is 11.5 Å². The zero-order valence-corrected chi connectivity index (χ0v) is 12.6. The van der Waals surface area contributed by atoms with Crippen molar-refractivity contribution in [1.29, 1.82) is 0 Å². The van der Waals surface area contributed by atoms with Crippen molar-refractivity contribution in [2.75, 3.05) is 14.1 Å². The number of para-hydroxylation sites is 2. The highest BCUT2D eigenvalue weighted by Gasteiger charge is 2.14. The van der Waals surface area contributed by atoms with E-state index in [1.165, 1.54) is 0 Å². The van der Waals surface area contributed by atoms with Crippen molar-refractivity contribution >= 4 is 0 Å². The molecule has 0 aliphatic carbocycles. The summed E-state index contributed by atoms with van der Waals surface area (Å²) in [7, 11) is 3.92. The summed E-state index contributed by atoms with van der Waals surface area (Å²) in [5.41, 5.74) is 0.781. The van der Waals surface area contributed by atoms with Crippen LogP contribution in [-0.2, 0) is 6.54 Å². The molecule has 1 aromatic heterocycles. The Bertz CT molecular complexity index is 738. The monoisotopic (exact) mass is 295 g/mol. The maximum Gasteiger partial charge on any atom is 0.261 e. The first kappa shape index (κ1) is 14.3. The fourth-order valence-corrected chi connectivity index (χ4v) is 2.06. The van der Waals surface area contributed by atoms with Crippen molar-refractivity contribution in [3.05, 3.63) is 60.4 Å². The summed E-state index contributed by atoms with van der Waals surface area (Å²) in [4.78, 5) is 6.41. The minimum Gasteiger partial charge on any atom is -0.457 e. The fourth-order valence-electron chi connectivity index (χ4n) is 2.06. The van der Waals surface area contributed by atoms with Crippen LogP contribution >= 0.6 is 0 Å². The molecule has 0 unspecified atom stereocenters. The van der Waals surface area contributed by atoms with Gasteiger partial charge in [-0.2, -0.15) is 4.98 Å². The molecule has 0 saturated carbocycles. The van der Waals surface area contributed by atoms with E-state index in [1.54, 1.807) is 0 Å². The summed E-state index contributed by atoms with van der Waals surface area (Å²) >= 11 is 0. The number of hydrogen-bond acceptors (Lipinski definition) is 5. The first-order valence-corrected chi connectivity index (χ1v) is 7.02. The van der Waals surface area contributed by atoms with Gasteiger partial charge in [0, 0.05) is 0 Å². The average Bonchev–Trinajstić information content (AvgIpc) is 2.96. The normalized spacial score (nSPS) is 10.9. The lowest BCUT2D eigenvalue weighted by Gasteiger charge is -2.08. The molecule has 1 heterocycles. The van der Waals surface area contributed by atoms with Crippen LogP contribution in [-0.4, -0.2) is 29.1 Å². The molecule has 0 spiro atoms. The van der Waals surface area contributed by atoms with Gasteiger partial charge in [-0.15, -0.1) is 0 Å². The van der Waals surface area contributed by atoms with Crippen molar-refractivity contribution in [1.82, 2.24) is 15.0 Å². The van der Waals surface area contributed by atoms with Gasteiger partial charge in [-0.05, 0) is 38.4 Å². The van der Waals surface area contributed by atoms with Gasteiger partial charge >= 0.3 is 0 Å². The van der Waals surface area contributed by atoms with Crippen molar-refractivity contribution in [2.24, 2.45) is 0 Å². The molecule has 3 aromatic rings. The molecular formula is C17H17N3O2. The van der Waals surface area contributed by atoms with E-state index in [9.17, 15) is 0 Å². The van der Waals surface area contributed by atoms with E-state index in [1.807, 2.05) is 73.6 Å². The highest BCUT2D eigenvalue weighted by molar-refractivity contribution is 5.63. The number of benzene rings is 2. The maximum absolute atomic E-state index is 5.92. The third kappa shape index (κ3) is 3.32. The van der Waals surface area contributed by atoms with E-state index in [0.717, 1.165) is 11.3 Å². The Hall–Kier alpha value is -2.66. The van der Waals surface area contributed by atoms with E-state index < -0.39 is 0 Å². The van der Waals surface area contributed by atoms with E-state index in [2.05, 4.69) is 10.1 Å². The summed E-state index contributed by atoms with van der Waals surface area (Å²) in [6, 6.07) is 17.2. The number of nitrogens with zero attached hydrogens (tertiary/aromatic N) is 3. The van der Waals surface area contributed by atoms with Gasteiger partial charge in [-0.25, -0.2) is 0 Å². The second-order valence-corrected chi connectivity index (χ2v) is 5.16. The van der Waals surface area contributed by atoms with Crippen LogP contribution < -0.4 is 4.74 Å². The topological polar surface area (TPSA) is 51.4 Å². The van der Waals surface area contributed by atoms with Gasteiger partial charge in [0.05, 0.1) is 12.1 Å². The van der Waals surface area contributed by atoms with Crippen LogP contribution in [0.2, 0.25) is 0 Å². The molecule has 0 N–H and O–H groups in total. The van der Waals surface area contributed by atoms with Crippen molar-refractivity contribution < 1.29 is 9.26 Å². The molecular weight excluding hydrogens is 278 g/mol. The van der Waals surface area contributed by atoms with Gasteiger partial charge in [-0.1, -0.05) is 35.5 Å². The van der Waals surface area contributed by atoms with E-state index in [0.29, 0.717) is 24.0 Å². The van der Waals surface area contributed by atoms with Crippen LogP contribution in [0.1, 0.15) is 5.82 Å². The Morgan fingerprint density at radius 3 is 2.50 bits per heavy atom. The van der Waals surface area contributed by atoms with Gasteiger partial charge < -0.3 is 14.2 Å². The van der Waals surface area contributed by atoms with Crippen LogP contribution in [0.5, 0.6) is 11.5 Å². The molecule has 0 radical (unpaired) electrons. The highest BCUT2D eigenvalue weighted by atomic mass is 16.5. The number of ether oxygens (including phenoxy) is 1. The Balaban J connectivity index is 1.89. The molecule has 22 heavy (non-hydrogen) atoms. The van der Waals surface area contributed by atoms with Crippen molar-refractivity contribution in [3.8, 4) is 23.0 Å². The summed E-state index contributed by atoms with van der Waals surface area (Å²) in [6.07, 6.45) is 0. The minimum absolute atomic E-state index is 0.461. The number of rotatable bonds is 5. The lowest BCUT2D eigenvalue weighted by atomic mass is 10.2. The minimum atomic E-state index is 0.461. The van der Waals surface area contributed by atoms with Crippen LogP contribution in [0.3, 0.4) is 0 Å². The average molecular weight is 295 g/mol. The van der Waals surface area contributed by atoms with Gasteiger partial charge in [-0.3, -0.25) is 0 Å².